The van der Waals surface area contributed by atoms with Crippen molar-refractivity contribution in [1.82, 2.24) is 4.90 Å². The van der Waals surface area contributed by atoms with Crippen LogP contribution in [0.15, 0.2) is 18.2 Å². The monoisotopic (exact) mass is 236 g/mol. The molecule has 0 bridgehead atoms. The number of aliphatic hydroxyl groups is 1. The van der Waals surface area contributed by atoms with Crippen LogP contribution in [0.2, 0.25) is 0 Å². The van der Waals surface area contributed by atoms with E-state index in [1.54, 1.807) is 20.9 Å². The second-order valence-corrected chi connectivity index (χ2v) is 4.90. The van der Waals surface area contributed by atoms with E-state index in [2.05, 4.69) is 0 Å². The summed E-state index contributed by atoms with van der Waals surface area (Å²) in [6, 6.07) is 6.27. The topological polar surface area (TPSA) is 47.3 Å². The van der Waals surface area contributed by atoms with Crippen LogP contribution in [0.25, 0.3) is 0 Å². The van der Waals surface area contributed by atoms with Gasteiger partial charge < -0.3 is 5.11 Å². The third-order valence-electron chi connectivity index (χ3n) is 2.27. The number of halogens is 1. The lowest BCUT2D eigenvalue weighted by molar-refractivity contribution is 0.0422. The molecule has 0 aliphatic rings. The van der Waals surface area contributed by atoms with E-state index in [9.17, 15) is 9.50 Å². The molecule has 0 atom stereocenters. The summed E-state index contributed by atoms with van der Waals surface area (Å²) >= 11 is 0. The van der Waals surface area contributed by atoms with Gasteiger partial charge in [-0.15, -0.1) is 0 Å². The van der Waals surface area contributed by atoms with Crippen molar-refractivity contribution in [3.8, 4) is 6.07 Å². The average molecular weight is 236 g/mol. The summed E-state index contributed by atoms with van der Waals surface area (Å²) in [5.74, 6) is -0.327. The van der Waals surface area contributed by atoms with E-state index in [-0.39, 0.29) is 5.82 Å². The minimum Gasteiger partial charge on any atom is -0.389 e. The molecule has 0 fully saturated rings. The van der Waals surface area contributed by atoms with Gasteiger partial charge in [0.25, 0.3) is 0 Å². The number of hydrogen-bond acceptors (Lipinski definition) is 3. The second kappa shape index (κ2) is 5.26. The Kier molecular flexibility index (Phi) is 4.22. The summed E-state index contributed by atoms with van der Waals surface area (Å²) in [5, 5.41) is 18.4. The van der Waals surface area contributed by atoms with Gasteiger partial charge in [0.05, 0.1) is 17.2 Å². The molecule has 0 saturated heterocycles. The van der Waals surface area contributed by atoms with E-state index in [1.165, 1.54) is 18.2 Å². The van der Waals surface area contributed by atoms with Gasteiger partial charge in [-0.3, -0.25) is 4.90 Å². The van der Waals surface area contributed by atoms with Gasteiger partial charge in [0.15, 0.2) is 0 Å². The smallest absolute Gasteiger partial charge is 0.127 e. The first-order chi connectivity index (χ1) is 7.81. The summed E-state index contributed by atoms with van der Waals surface area (Å²) in [5.41, 5.74) is 0.0896. The van der Waals surface area contributed by atoms with Gasteiger partial charge in [0.1, 0.15) is 5.82 Å². The molecule has 1 rings (SSSR count). The maximum Gasteiger partial charge on any atom is 0.127 e. The highest BCUT2D eigenvalue weighted by molar-refractivity contribution is 5.33. The Morgan fingerprint density at radius 1 is 1.47 bits per heavy atom. The summed E-state index contributed by atoms with van der Waals surface area (Å²) in [6.07, 6.45) is 0. The van der Waals surface area contributed by atoms with Crippen LogP contribution in [0, 0.1) is 17.1 Å². The fraction of sp³-hybridized carbons (Fsp3) is 0.462. The Labute approximate surface area is 101 Å². The number of rotatable bonds is 4. The first-order valence-corrected chi connectivity index (χ1v) is 5.41. The van der Waals surface area contributed by atoms with Gasteiger partial charge in [-0.05, 0) is 39.1 Å². The molecule has 1 N–H and O–H groups in total. The van der Waals surface area contributed by atoms with Crippen molar-refractivity contribution in [2.45, 2.75) is 26.0 Å². The van der Waals surface area contributed by atoms with Crippen LogP contribution in [0.1, 0.15) is 25.0 Å². The predicted octanol–water partition coefficient (Wildman–Crippen LogP) is 1.90. The normalized spacial score (nSPS) is 11.6. The zero-order valence-electron chi connectivity index (χ0n) is 10.4. The molecule has 3 nitrogen and oxygen atoms in total. The number of nitriles is 1. The van der Waals surface area contributed by atoms with Crippen LogP contribution in [-0.2, 0) is 6.54 Å². The molecule has 4 heteroatoms. The fourth-order valence-corrected chi connectivity index (χ4v) is 1.77. The molecule has 1 aromatic rings. The number of likely N-dealkylation sites (N-methyl/N-ethyl adjacent to an activating group) is 1. The van der Waals surface area contributed by atoms with Gasteiger partial charge in [-0.25, -0.2) is 4.39 Å². The molecule has 0 amide bonds. The molecular weight excluding hydrogens is 219 g/mol. The van der Waals surface area contributed by atoms with E-state index >= 15 is 0 Å². The van der Waals surface area contributed by atoms with Crippen LogP contribution >= 0.6 is 0 Å². The fourth-order valence-electron chi connectivity index (χ4n) is 1.77. The van der Waals surface area contributed by atoms with E-state index < -0.39 is 5.60 Å². The van der Waals surface area contributed by atoms with E-state index in [0.29, 0.717) is 24.2 Å². The summed E-state index contributed by atoms with van der Waals surface area (Å²) < 4.78 is 13.5. The van der Waals surface area contributed by atoms with Gasteiger partial charge in [0.2, 0.25) is 0 Å². The van der Waals surface area contributed by atoms with Crippen molar-refractivity contribution >= 4 is 0 Å². The largest absolute Gasteiger partial charge is 0.389 e. The Balaban J connectivity index is 2.78. The van der Waals surface area contributed by atoms with Crippen LogP contribution in [0.3, 0.4) is 0 Å². The van der Waals surface area contributed by atoms with E-state index in [4.69, 9.17) is 5.26 Å². The highest BCUT2D eigenvalue weighted by Gasteiger charge is 2.16. The summed E-state index contributed by atoms with van der Waals surface area (Å²) in [4.78, 5) is 1.82. The van der Waals surface area contributed by atoms with E-state index in [1.807, 2.05) is 11.0 Å². The number of hydrogen-bond donors (Lipinski definition) is 1. The average Bonchev–Trinajstić information content (AvgIpc) is 2.18. The van der Waals surface area contributed by atoms with Crippen molar-refractivity contribution in [3.63, 3.8) is 0 Å². The Hall–Kier alpha value is -1.44. The van der Waals surface area contributed by atoms with Gasteiger partial charge in [0, 0.05) is 18.7 Å². The molecule has 0 aromatic heterocycles. The first kappa shape index (κ1) is 13.6. The highest BCUT2D eigenvalue weighted by Crippen LogP contribution is 2.13. The van der Waals surface area contributed by atoms with Gasteiger partial charge in [-0.2, -0.15) is 5.26 Å². The third-order valence-corrected chi connectivity index (χ3v) is 2.27. The predicted molar refractivity (Wildman–Crippen MR) is 63.7 cm³/mol. The molecule has 0 aliphatic carbocycles. The van der Waals surface area contributed by atoms with Crippen LogP contribution < -0.4 is 0 Å². The molecule has 0 unspecified atom stereocenters. The third kappa shape index (κ3) is 4.51. The zero-order chi connectivity index (χ0) is 13.1. The maximum absolute atomic E-state index is 13.5. The lowest BCUT2D eigenvalue weighted by atomic mass is 10.1. The van der Waals surface area contributed by atoms with Crippen LogP contribution in [0.4, 0.5) is 4.39 Å². The first-order valence-electron chi connectivity index (χ1n) is 5.41. The molecule has 0 aliphatic heterocycles. The maximum atomic E-state index is 13.5. The number of nitrogens with zero attached hydrogens (tertiary/aromatic N) is 2. The quantitative estimate of drug-likeness (QED) is 0.868. The Morgan fingerprint density at radius 2 is 2.12 bits per heavy atom. The lowest BCUT2D eigenvalue weighted by Gasteiger charge is -2.25. The minimum atomic E-state index is -0.821. The molecular formula is C13H17FN2O. The highest BCUT2D eigenvalue weighted by atomic mass is 19.1. The molecule has 17 heavy (non-hydrogen) atoms. The number of benzene rings is 1. The van der Waals surface area contributed by atoms with Gasteiger partial charge >= 0.3 is 0 Å². The van der Waals surface area contributed by atoms with Gasteiger partial charge in [-0.1, -0.05) is 0 Å². The van der Waals surface area contributed by atoms with Crippen molar-refractivity contribution in [1.29, 1.82) is 5.26 Å². The molecule has 0 spiro atoms. The zero-order valence-corrected chi connectivity index (χ0v) is 10.4. The SMILES string of the molecule is CN(Cc1cc(C#N)ccc1F)CC(C)(C)O. The molecule has 1 aromatic carbocycles. The lowest BCUT2D eigenvalue weighted by Crippen LogP contribution is -2.36. The minimum absolute atomic E-state index is 0.327. The van der Waals surface area contributed by atoms with Crippen molar-refractivity contribution < 1.29 is 9.50 Å². The summed E-state index contributed by atoms with van der Waals surface area (Å²) in [6.45, 7) is 4.20. The van der Waals surface area contributed by atoms with Crippen LogP contribution in [-0.4, -0.2) is 29.2 Å². The van der Waals surface area contributed by atoms with E-state index in [0.717, 1.165) is 0 Å². The molecule has 0 heterocycles. The standard InChI is InChI=1S/C13H17FN2O/c1-13(2,17)9-16(3)8-11-6-10(7-15)4-5-12(11)14/h4-6,17H,8-9H2,1-3H3. The Morgan fingerprint density at radius 3 is 2.65 bits per heavy atom. The second-order valence-electron chi connectivity index (χ2n) is 4.90. The molecule has 92 valence electrons. The molecule has 0 saturated carbocycles. The Bertz CT molecular complexity index is 432. The summed E-state index contributed by atoms with van der Waals surface area (Å²) in [7, 11) is 1.80. The van der Waals surface area contributed by atoms with Crippen molar-refractivity contribution in [2.24, 2.45) is 0 Å². The molecule has 0 radical (unpaired) electrons. The van der Waals surface area contributed by atoms with Crippen molar-refractivity contribution in [3.05, 3.63) is 35.1 Å². The van der Waals surface area contributed by atoms with Crippen molar-refractivity contribution in [2.75, 3.05) is 13.6 Å². The van der Waals surface area contributed by atoms with Crippen LogP contribution in [0.5, 0.6) is 0 Å².